The fourth-order valence-corrected chi connectivity index (χ4v) is 4.93. The van der Waals surface area contributed by atoms with Crippen molar-refractivity contribution in [3.8, 4) is 0 Å². The Bertz CT molecular complexity index is 961. The van der Waals surface area contributed by atoms with E-state index in [2.05, 4.69) is 25.2 Å². The standard InChI is InChI=1S/C28H41N5O3/c1-5-7-13-22(3)14-12-18-31-20-25-32(24(27(31)35)17-8-6-2)26(34)21-30(4)33(25)28(36)29-19-23-15-10-9-11-16-23/h5,7,9-11,13,15-16,24-25H,6,8,12,14,17-21H2,1-4H3,(H,29,36)/b7-5-,22-13+/t24-,25?/m0/s1. The monoisotopic (exact) mass is 495 g/mol. The smallest absolute Gasteiger partial charge is 0.334 e. The van der Waals surface area contributed by atoms with Crippen molar-refractivity contribution in [2.75, 3.05) is 26.7 Å². The molecule has 0 radical (unpaired) electrons. The molecule has 2 saturated heterocycles. The second-order valence-electron chi connectivity index (χ2n) is 9.67. The molecule has 8 heteroatoms. The number of rotatable bonds is 10. The highest BCUT2D eigenvalue weighted by Gasteiger charge is 2.50. The molecule has 2 fully saturated rings. The van der Waals surface area contributed by atoms with Gasteiger partial charge in [-0.25, -0.2) is 14.8 Å². The molecule has 2 aliphatic rings. The number of unbranched alkanes of at least 4 members (excludes halogenated alkanes) is 1. The van der Waals surface area contributed by atoms with Gasteiger partial charge in [0.1, 0.15) is 12.2 Å². The second kappa shape index (κ2) is 13.3. The van der Waals surface area contributed by atoms with Crippen molar-refractivity contribution in [2.24, 2.45) is 0 Å². The molecule has 196 valence electrons. The van der Waals surface area contributed by atoms with Gasteiger partial charge in [-0.2, -0.15) is 0 Å². The third-order valence-corrected chi connectivity index (χ3v) is 6.84. The zero-order valence-corrected chi connectivity index (χ0v) is 22.2. The molecule has 1 N–H and O–H groups in total. The summed E-state index contributed by atoms with van der Waals surface area (Å²) in [7, 11) is 1.76. The summed E-state index contributed by atoms with van der Waals surface area (Å²) >= 11 is 0. The Morgan fingerprint density at radius 1 is 1.17 bits per heavy atom. The predicted octanol–water partition coefficient (Wildman–Crippen LogP) is 3.92. The van der Waals surface area contributed by atoms with Gasteiger partial charge in [-0.15, -0.1) is 0 Å². The number of amides is 4. The topological polar surface area (TPSA) is 76.2 Å². The number of benzene rings is 1. The lowest BCUT2D eigenvalue weighted by Crippen LogP contribution is -2.75. The summed E-state index contributed by atoms with van der Waals surface area (Å²) in [5.41, 5.74) is 2.26. The van der Waals surface area contributed by atoms with Crippen LogP contribution >= 0.6 is 0 Å². The number of allylic oxidation sites excluding steroid dienone is 4. The van der Waals surface area contributed by atoms with Gasteiger partial charge in [0.05, 0.1) is 13.1 Å². The van der Waals surface area contributed by atoms with E-state index in [-0.39, 0.29) is 24.4 Å². The summed E-state index contributed by atoms with van der Waals surface area (Å²) in [6.45, 7) is 7.54. The van der Waals surface area contributed by atoms with Gasteiger partial charge in [0.15, 0.2) is 0 Å². The lowest BCUT2D eigenvalue weighted by molar-refractivity contribution is -0.187. The number of nitrogens with one attached hydrogen (secondary N) is 1. The van der Waals surface area contributed by atoms with E-state index < -0.39 is 12.2 Å². The quantitative estimate of drug-likeness (QED) is 0.499. The molecule has 0 spiro atoms. The van der Waals surface area contributed by atoms with Crippen LogP contribution in [0.2, 0.25) is 0 Å². The van der Waals surface area contributed by atoms with Gasteiger partial charge in [0, 0.05) is 20.1 Å². The van der Waals surface area contributed by atoms with E-state index >= 15 is 0 Å². The lowest BCUT2D eigenvalue weighted by atomic mass is 10.0. The highest BCUT2D eigenvalue weighted by atomic mass is 16.2. The lowest BCUT2D eigenvalue weighted by Gasteiger charge is -2.54. The number of fused-ring (bicyclic) bond motifs is 1. The first-order chi connectivity index (χ1) is 17.4. The molecule has 8 nitrogen and oxygen atoms in total. The third kappa shape index (κ3) is 6.75. The summed E-state index contributed by atoms with van der Waals surface area (Å²) in [5, 5.41) is 6.30. The molecule has 1 aromatic carbocycles. The number of likely N-dealkylation sites (N-methyl/N-ethyl adjacent to an activating group) is 1. The van der Waals surface area contributed by atoms with Gasteiger partial charge in [0.2, 0.25) is 11.8 Å². The van der Waals surface area contributed by atoms with Gasteiger partial charge in [-0.3, -0.25) is 9.59 Å². The number of hydrazine groups is 1. The first-order valence-electron chi connectivity index (χ1n) is 13.1. The Morgan fingerprint density at radius 2 is 1.92 bits per heavy atom. The average Bonchev–Trinajstić information content (AvgIpc) is 2.86. The van der Waals surface area contributed by atoms with E-state index in [1.807, 2.05) is 54.3 Å². The molecule has 0 aliphatic carbocycles. The Labute approximate surface area is 215 Å². The number of piperazine rings is 1. The molecule has 36 heavy (non-hydrogen) atoms. The molecule has 0 saturated carbocycles. The van der Waals surface area contributed by atoms with Crippen LogP contribution in [-0.4, -0.2) is 76.6 Å². The fourth-order valence-electron chi connectivity index (χ4n) is 4.93. The highest BCUT2D eigenvalue weighted by Crippen LogP contribution is 2.28. The number of carbonyl (C=O) groups is 3. The molecule has 0 bridgehead atoms. The Hall–Kier alpha value is -3.13. The van der Waals surface area contributed by atoms with Crippen LogP contribution in [0, 0.1) is 0 Å². The van der Waals surface area contributed by atoms with Gasteiger partial charge >= 0.3 is 6.03 Å². The average molecular weight is 496 g/mol. The first kappa shape index (κ1) is 27.5. The Morgan fingerprint density at radius 3 is 2.61 bits per heavy atom. The van der Waals surface area contributed by atoms with Gasteiger partial charge < -0.3 is 15.1 Å². The van der Waals surface area contributed by atoms with Crippen LogP contribution in [0.25, 0.3) is 0 Å². The molecule has 1 aromatic rings. The van der Waals surface area contributed by atoms with Crippen LogP contribution < -0.4 is 5.32 Å². The van der Waals surface area contributed by atoms with Crippen molar-refractivity contribution in [3.05, 3.63) is 59.7 Å². The first-order valence-corrected chi connectivity index (χ1v) is 13.1. The molecular formula is C28H41N5O3. The van der Waals surface area contributed by atoms with E-state index in [0.717, 1.165) is 31.2 Å². The van der Waals surface area contributed by atoms with Crippen LogP contribution in [0.15, 0.2) is 54.1 Å². The van der Waals surface area contributed by atoms with Crippen LogP contribution in [0.4, 0.5) is 4.79 Å². The zero-order chi connectivity index (χ0) is 26.1. The molecule has 1 unspecified atom stereocenters. The summed E-state index contributed by atoms with van der Waals surface area (Å²) in [6, 6.07) is 8.94. The van der Waals surface area contributed by atoms with E-state index in [1.165, 1.54) is 5.57 Å². The van der Waals surface area contributed by atoms with Gasteiger partial charge in [-0.05, 0) is 38.7 Å². The van der Waals surface area contributed by atoms with Crippen molar-refractivity contribution in [2.45, 2.75) is 71.6 Å². The van der Waals surface area contributed by atoms with E-state index in [4.69, 9.17) is 0 Å². The molecule has 2 heterocycles. The maximum Gasteiger partial charge on any atom is 0.334 e. The van der Waals surface area contributed by atoms with E-state index in [0.29, 0.717) is 26.1 Å². The van der Waals surface area contributed by atoms with Crippen LogP contribution in [0.5, 0.6) is 0 Å². The SMILES string of the molecule is C/C=C\C=C(/C)CCCN1CC2N(C(=O)CN(C)N2C(=O)NCc2ccccc2)[C@@H](CCCC)C1=O. The minimum absolute atomic E-state index is 0.00247. The molecular weight excluding hydrogens is 454 g/mol. The maximum atomic E-state index is 13.5. The van der Waals surface area contributed by atoms with Gasteiger partial charge in [-0.1, -0.05) is 73.9 Å². The highest BCUT2D eigenvalue weighted by molar-refractivity contribution is 5.91. The van der Waals surface area contributed by atoms with Crippen LogP contribution in [0.1, 0.15) is 58.4 Å². The fraction of sp³-hybridized carbons (Fsp3) is 0.536. The summed E-state index contributed by atoms with van der Waals surface area (Å²) in [5.74, 6) is -0.105. The van der Waals surface area contributed by atoms with Crippen molar-refractivity contribution < 1.29 is 14.4 Å². The summed E-state index contributed by atoms with van der Waals surface area (Å²) in [4.78, 5) is 43.6. The minimum Gasteiger partial charge on any atom is -0.337 e. The normalized spacial score (nSPS) is 21.3. The van der Waals surface area contributed by atoms with Crippen molar-refractivity contribution >= 4 is 17.8 Å². The second-order valence-corrected chi connectivity index (χ2v) is 9.67. The number of hydrogen-bond donors (Lipinski definition) is 1. The summed E-state index contributed by atoms with van der Waals surface area (Å²) < 4.78 is 0. The largest absolute Gasteiger partial charge is 0.337 e. The van der Waals surface area contributed by atoms with Crippen LogP contribution in [0.3, 0.4) is 0 Å². The third-order valence-electron chi connectivity index (χ3n) is 6.84. The molecule has 0 aromatic heterocycles. The summed E-state index contributed by atoms with van der Waals surface area (Å²) in [6.07, 6.45) is 9.72. The molecule has 2 atom stereocenters. The minimum atomic E-state index is -0.533. The van der Waals surface area contributed by atoms with Gasteiger partial charge in [0.25, 0.3) is 0 Å². The molecule has 3 rings (SSSR count). The number of urea groups is 1. The van der Waals surface area contributed by atoms with Crippen molar-refractivity contribution in [3.63, 3.8) is 0 Å². The van der Waals surface area contributed by atoms with Crippen molar-refractivity contribution in [1.29, 1.82) is 0 Å². The zero-order valence-electron chi connectivity index (χ0n) is 22.2. The number of nitrogens with zero attached hydrogens (tertiary/aromatic N) is 4. The number of hydrogen-bond acceptors (Lipinski definition) is 4. The Balaban J connectivity index is 1.79. The molecule has 2 aliphatic heterocycles. The van der Waals surface area contributed by atoms with Crippen molar-refractivity contribution in [1.82, 2.24) is 25.1 Å². The van der Waals surface area contributed by atoms with Crippen LogP contribution in [-0.2, 0) is 16.1 Å². The molecule has 4 amide bonds. The maximum absolute atomic E-state index is 13.5. The van der Waals surface area contributed by atoms with E-state index in [9.17, 15) is 14.4 Å². The van der Waals surface area contributed by atoms with E-state index in [1.54, 1.807) is 22.0 Å². The Kier molecular flexibility index (Phi) is 10.1. The number of carbonyl (C=O) groups excluding carboxylic acids is 3. The predicted molar refractivity (Wildman–Crippen MR) is 141 cm³/mol.